The Bertz CT molecular complexity index is 2120. The van der Waals surface area contributed by atoms with Crippen LogP contribution in [0.25, 0.3) is 0 Å². The molecule has 0 amide bonds. The zero-order chi connectivity index (χ0) is 81.8. The van der Waals surface area contributed by atoms with Gasteiger partial charge >= 0.3 is 39.5 Å². The number of carbonyl (C=O) groups is 4. The van der Waals surface area contributed by atoms with Gasteiger partial charge in [0.1, 0.15) is 19.3 Å². The topological polar surface area (TPSA) is 237 Å². The lowest BCUT2D eigenvalue weighted by molar-refractivity contribution is -0.161. The summed E-state index contributed by atoms with van der Waals surface area (Å²) in [5.74, 6) is -1.28. The molecule has 0 aliphatic carbocycles. The second kappa shape index (κ2) is 85.5. The van der Waals surface area contributed by atoms with Crippen LogP contribution in [0.5, 0.6) is 0 Å². The Labute approximate surface area is 689 Å². The number of phosphoric ester groups is 2. The maximum atomic E-state index is 13.2. The lowest BCUT2D eigenvalue weighted by Crippen LogP contribution is -2.30. The van der Waals surface area contributed by atoms with Gasteiger partial charge in [-0.2, -0.15) is 0 Å². The summed E-state index contributed by atoms with van der Waals surface area (Å²) in [4.78, 5) is 73.5. The highest BCUT2D eigenvalue weighted by molar-refractivity contribution is 7.47. The van der Waals surface area contributed by atoms with Crippen LogP contribution in [-0.4, -0.2) is 96.7 Å². The molecule has 112 heavy (non-hydrogen) atoms. The molecule has 0 aliphatic rings. The van der Waals surface area contributed by atoms with Crippen molar-refractivity contribution in [1.29, 1.82) is 0 Å². The number of hydrogen-bond donors (Lipinski definition) is 3. The highest BCUT2D eigenvalue weighted by Gasteiger charge is 2.31. The number of esters is 4. The van der Waals surface area contributed by atoms with Crippen molar-refractivity contribution in [2.45, 2.75) is 528 Å². The summed E-state index contributed by atoms with van der Waals surface area (Å²) >= 11 is 0. The summed E-state index contributed by atoms with van der Waals surface area (Å²) in [6.07, 6.45) is 82.1. The van der Waals surface area contributed by atoms with Crippen LogP contribution in [-0.2, 0) is 65.4 Å². The SMILES string of the molecule is CCCCCCCCCCCCCCCCCCCCCCCCC(=O)O[C@H](COC(=O)CCCCCCCCCCCCCCCCCCCCCC)COP(=O)(O)OC[C@@H](O)COP(=O)(O)OC[C@@H](COC(=O)CCCCCCCCCCCCC)OC(=O)CCCCCCCCCCCCCCCCCCC(C)C. The van der Waals surface area contributed by atoms with E-state index < -0.39 is 97.5 Å². The predicted octanol–water partition coefficient (Wildman–Crippen LogP) is 29.1. The van der Waals surface area contributed by atoms with Gasteiger partial charge in [-0.15, -0.1) is 0 Å². The van der Waals surface area contributed by atoms with E-state index in [-0.39, 0.29) is 25.7 Å². The molecular weight excluding hydrogens is 1450 g/mol. The average Bonchev–Trinajstić information content (AvgIpc) is 0.897. The van der Waals surface area contributed by atoms with Gasteiger partial charge in [0.05, 0.1) is 26.4 Å². The molecule has 2 unspecified atom stereocenters. The van der Waals surface area contributed by atoms with Crippen molar-refractivity contribution in [3.8, 4) is 0 Å². The summed E-state index contributed by atoms with van der Waals surface area (Å²) in [7, 11) is -9.94. The van der Waals surface area contributed by atoms with Crippen molar-refractivity contribution < 1.29 is 80.2 Å². The quantitative estimate of drug-likeness (QED) is 0.0222. The summed E-state index contributed by atoms with van der Waals surface area (Å²) in [6.45, 7) is 7.43. The van der Waals surface area contributed by atoms with E-state index in [1.54, 1.807) is 0 Å². The Kier molecular flexibility index (Phi) is 84.0. The van der Waals surface area contributed by atoms with Gasteiger partial charge < -0.3 is 33.8 Å². The Morgan fingerprint density at radius 2 is 0.411 bits per heavy atom. The fraction of sp³-hybridized carbons (Fsp3) is 0.957. The van der Waals surface area contributed by atoms with E-state index in [2.05, 4.69) is 34.6 Å². The summed E-state index contributed by atoms with van der Waals surface area (Å²) in [6, 6.07) is 0. The smallest absolute Gasteiger partial charge is 0.462 e. The van der Waals surface area contributed by atoms with Crippen molar-refractivity contribution in [2.24, 2.45) is 5.92 Å². The largest absolute Gasteiger partial charge is 0.472 e. The van der Waals surface area contributed by atoms with Crippen molar-refractivity contribution in [2.75, 3.05) is 39.6 Å². The third-order valence-electron chi connectivity index (χ3n) is 22.0. The molecule has 0 saturated heterocycles. The molecule has 0 aromatic carbocycles. The van der Waals surface area contributed by atoms with Gasteiger partial charge in [-0.25, -0.2) is 9.13 Å². The number of aliphatic hydroxyl groups is 1. The first kappa shape index (κ1) is 110. The van der Waals surface area contributed by atoms with Crippen LogP contribution in [0.15, 0.2) is 0 Å². The molecule has 19 heteroatoms. The van der Waals surface area contributed by atoms with Gasteiger partial charge in [0, 0.05) is 25.7 Å². The molecule has 3 N–H and O–H groups in total. The minimum absolute atomic E-state index is 0.109. The van der Waals surface area contributed by atoms with Gasteiger partial charge in [-0.1, -0.05) is 458 Å². The van der Waals surface area contributed by atoms with Gasteiger partial charge in [0.25, 0.3) is 0 Å². The van der Waals surface area contributed by atoms with Crippen molar-refractivity contribution >= 4 is 39.5 Å². The average molecular weight is 1630 g/mol. The lowest BCUT2D eigenvalue weighted by atomic mass is 10.0. The van der Waals surface area contributed by atoms with Crippen molar-refractivity contribution in [3.05, 3.63) is 0 Å². The van der Waals surface area contributed by atoms with Gasteiger partial charge in [0.2, 0.25) is 0 Å². The minimum atomic E-state index is -4.97. The molecular formula is C93H182O17P2. The summed E-state index contributed by atoms with van der Waals surface area (Å²) in [5, 5.41) is 10.7. The van der Waals surface area contributed by atoms with Gasteiger partial charge in [-0.3, -0.25) is 37.3 Å². The number of phosphoric acid groups is 2. The molecule has 0 aromatic heterocycles. The third kappa shape index (κ3) is 85.9. The van der Waals surface area contributed by atoms with E-state index in [1.165, 1.54) is 334 Å². The number of unbranched alkanes of at least 4 members (excludes halogenated alkanes) is 65. The molecule has 5 atom stereocenters. The monoisotopic (exact) mass is 1630 g/mol. The van der Waals surface area contributed by atoms with Crippen LogP contribution in [0.2, 0.25) is 0 Å². The Morgan fingerprint density at radius 3 is 0.607 bits per heavy atom. The summed E-state index contributed by atoms with van der Waals surface area (Å²) in [5.41, 5.74) is 0. The number of carbonyl (C=O) groups excluding carboxylic acids is 4. The van der Waals surface area contributed by atoms with Crippen LogP contribution in [0.3, 0.4) is 0 Å². The first-order valence-corrected chi connectivity index (χ1v) is 51.1. The molecule has 0 bridgehead atoms. The molecule has 0 spiro atoms. The van der Waals surface area contributed by atoms with Crippen LogP contribution >= 0.6 is 15.6 Å². The molecule has 0 saturated carbocycles. The van der Waals surface area contributed by atoms with Gasteiger partial charge in [0.15, 0.2) is 12.2 Å². The Morgan fingerprint density at radius 1 is 0.241 bits per heavy atom. The van der Waals surface area contributed by atoms with E-state index in [9.17, 15) is 43.2 Å². The van der Waals surface area contributed by atoms with Crippen LogP contribution < -0.4 is 0 Å². The number of aliphatic hydroxyl groups excluding tert-OH is 1. The van der Waals surface area contributed by atoms with E-state index in [4.69, 9.17) is 37.0 Å². The molecule has 0 radical (unpaired) electrons. The third-order valence-corrected chi connectivity index (χ3v) is 23.9. The van der Waals surface area contributed by atoms with E-state index in [0.717, 1.165) is 95.8 Å². The summed E-state index contributed by atoms with van der Waals surface area (Å²) < 4.78 is 69.1. The molecule has 666 valence electrons. The van der Waals surface area contributed by atoms with Crippen molar-refractivity contribution in [1.82, 2.24) is 0 Å². The van der Waals surface area contributed by atoms with Crippen LogP contribution in [0.1, 0.15) is 510 Å². The molecule has 0 heterocycles. The Hall–Kier alpha value is -1.94. The maximum Gasteiger partial charge on any atom is 0.472 e. The fourth-order valence-electron chi connectivity index (χ4n) is 14.7. The van der Waals surface area contributed by atoms with E-state index in [1.807, 2.05) is 0 Å². The van der Waals surface area contributed by atoms with Crippen LogP contribution in [0.4, 0.5) is 0 Å². The van der Waals surface area contributed by atoms with E-state index >= 15 is 0 Å². The molecule has 0 aliphatic heterocycles. The van der Waals surface area contributed by atoms with Gasteiger partial charge in [-0.05, 0) is 31.6 Å². The molecule has 0 aromatic rings. The minimum Gasteiger partial charge on any atom is -0.462 e. The number of rotatable bonds is 93. The lowest BCUT2D eigenvalue weighted by Gasteiger charge is -2.21. The van der Waals surface area contributed by atoms with Crippen molar-refractivity contribution in [3.63, 3.8) is 0 Å². The highest BCUT2D eigenvalue weighted by atomic mass is 31.2. The highest BCUT2D eigenvalue weighted by Crippen LogP contribution is 2.45. The fourth-order valence-corrected chi connectivity index (χ4v) is 16.3. The standard InChI is InChI=1S/C93H182O17P2/c1-6-9-12-15-18-21-24-26-28-30-32-34-35-37-39-44-48-53-58-63-68-73-78-93(98)110-89(83-104-91(96)77-72-67-62-57-52-47-43-38-36-33-31-29-27-25-22-19-16-13-10-7-2)85-108-112(101,102)106-81-87(94)80-105-111(99,100)107-84-88(82-103-90(95)76-71-66-61-56-50-23-20-17-14-11-8-3)109-92(97)79-74-69-64-59-54-49-45-41-40-42-46-51-55-60-65-70-75-86(4)5/h86-89,94H,6-85H2,1-5H3,(H,99,100)(H,101,102)/t87-,88+,89+/m0/s1. The van der Waals surface area contributed by atoms with Crippen LogP contribution in [0, 0.1) is 5.92 Å². The number of ether oxygens (including phenoxy) is 4. The maximum absolute atomic E-state index is 13.2. The molecule has 17 nitrogen and oxygen atoms in total. The molecule has 0 fully saturated rings. The van der Waals surface area contributed by atoms with E-state index in [0.29, 0.717) is 25.7 Å². The first-order valence-electron chi connectivity index (χ1n) is 48.1. The zero-order valence-electron chi connectivity index (χ0n) is 73.8. The second-order valence-electron chi connectivity index (χ2n) is 33.9. The first-order chi connectivity index (χ1) is 54.5. The zero-order valence-corrected chi connectivity index (χ0v) is 75.6. The molecule has 0 rings (SSSR count). The number of hydrogen-bond acceptors (Lipinski definition) is 15. The normalized spacial score (nSPS) is 13.7. The predicted molar refractivity (Wildman–Crippen MR) is 465 cm³/mol. The Balaban J connectivity index is 5.22. The second-order valence-corrected chi connectivity index (χ2v) is 36.8.